The van der Waals surface area contributed by atoms with Gasteiger partial charge in [0.2, 0.25) is 0 Å². The first-order valence-corrected chi connectivity index (χ1v) is 8.32. The van der Waals surface area contributed by atoms with Crippen LogP contribution in [0.25, 0.3) is 10.1 Å². The van der Waals surface area contributed by atoms with E-state index in [1.54, 1.807) is 17.4 Å². The highest BCUT2D eigenvalue weighted by Crippen LogP contribution is 2.35. The highest BCUT2D eigenvalue weighted by atomic mass is 32.1. The van der Waals surface area contributed by atoms with Crippen molar-refractivity contribution in [1.82, 2.24) is 5.32 Å². The van der Waals surface area contributed by atoms with Gasteiger partial charge in [-0.2, -0.15) is 0 Å². The van der Waals surface area contributed by atoms with E-state index in [9.17, 15) is 4.39 Å². The first-order chi connectivity index (χ1) is 10.3. The second kappa shape index (κ2) is 6.58. The predicted molar refractivity (Wildman–Crippen MR) is 86.1 cm³/mol. The standard InChI is InChI=1S/C17H20FNOS/c1-2-7-19-17(13-4-3-8-20-11-13)16-9-12-5-6-14(18)10-15(12)21-16/h5-6,9-11,17,19H,2-4,7-8H2,1H3. The van der Waals surface area contributed by atoms with Crippen LogP contribution in [0.15, 0.2) is 36.1 Å². The molecule has 2 heterocycles. The minimum absolute atomic E-state index is 0.172. The Morgan fingerprint density at radius 3 is 3.05 bits per heavy atom. The Balaban J connectivity index is 1.94. The third kappa shape index (κ3) is 3.27. The molecule has 1 unspecified atom stereocenters. The van der Waals surface area contributed by atoms with E-state index in [4.69, 9.17) is 4.74 Å². The van der Waals surface area contributed by atoms with E-state index in [2.05, 4.69) is 18.3 Å². The van der Waals surface area contributed by atoms with Crippen molar-refractivity contribution in [2.45, 2.75) is 32.2 Å². The van der Waals surface area contributed by atoms with Crippen LogP contribution in [0.3, 0.4) is 0 Å². The number of hydrogen-bond acceptors (Lipinski definition) is 3. The molecule has 0 radical (unpaired) electrons. The summed E-state index contributed by atoms with van der Waals surface area (Å²) in [7, 11) is 0. The Hall–Kier alpha value is -1.39. The molecule has 0 saturated heterocycles. The Morgan fingerprint density at radius 1 is 1.38 bits per heavy atom. The molecule has 21 heavy (non-hydrogen) atoms. The number of rotatable bonds is 5. The average molecular weight is 305 g/mol. The molecule has 1 aliphatic rings. The minimum atomic E-state index is -0.172. The molecule has 2 nitrogen and oxygen atoms in total. The lowest BCUT2D eigenvalue weighted by Gasteiger charge is -2.23. The van der Waals surface area contributed by atoms with Gasteiger partial charge in [-0.15, -0.1) is 11.3 Å². The largest absolute Gasteiger partial charge is 0.501 e. The summed E-state index contributed by atoms with van der Waals surface area (Å²) in [5.41, 5.74) is 1.29. The van der Waals surface area contributed by atoms with Gasteiger partial charge in [-0.25, -0.2) is 4.39 Å². The molecule has 4 heteroatoms. The Bertz CT molecular complexity index is 649. The van der Waals surface area contributed by atoms with Crippen molar-refractivity contribution in [3.05, 3.63) is 46.8 Å². The summed E-state index contributed by atoms with van der Waals surface area (Å²) in [6.45, 7) is 3.93. The van der Waals surface area contributed by atoms with Gasteiger partial charge in [0.1, 0.15) is 5.82 Å². The molecule has 1 aromatic heterocycles. The summed E-state index contributed by atoms with van der Waals surface area (Å²) in [5.74, 6) is -0.172. The number of hydrogen-bond donors (Lipinski definition) is 1. The minimum Gasteiger partial charge on any atom is -0.501 e. The maximum atomic E-state index is 13.4. The molecule has 0 bridgehead atoms. The first kappa shape index (κ1) is 14.5. The summed E-state index contributed by atoms with van der Waals surface area (Å²) in [5, 5.41) is 4.71. The SMILES string of the molecule is CCCNC(C1=COCCC1)c1cc2ccc(F)cc2s1. The van der Waals surface area contributed by atoms with Gasteiger partial charge in [-0.3, -0.25) is 0 Å². The lowest BCUT2D eigenvalue weighted by atomic mass is 10.00. The molecule has 0 amide bonds. The van der Waals surface area contributed by atoms with Crippen molar-refractivity contribution in [1.29, 1.82) is 0 Å². The van der Waals surface area contributed by atoms with Crippen molar-refractivity contribution in [2.75, 3.05) is 13.2 Å². The number of thiophene rings is 1. The fourth-order valence-electron chi connectivity index (χ4n) is 2.67. The van der Waals surface area contributed by atoms with Crippen LogP contribution in [0.4, 0.5) is 4.39 Å². The number of halogens is 1. The van der Waals surface area contributed by atoms with Crippen LogP contribution in [0.2, 0.25) is 0 Å². The number of nitrogens with one attached hydrogen (secondary N) is 1. The smallest absolute Gasteiger partial charge is 0.124 e. The molecular formula is C17H20FNOS. The molecule has 1 aliphatic heterocycles. The molecule has 2 aromatic rings. The molecule has 0 aliphatic carbocycles. The quantitative estimate of drug-likeness (QED) is 0.858. The third-order valence-corrected chi connectivity index (χ3v) is 4.88. The highest BCUT2D eigenvalue weighted by molar-refractivity contribution is 7.19. The predicted octanol–water partition coefficient (Wildman–Crippen LogP) is 4.78. The van der Waals surface area contributed by atoms with Gasteiger partial charge >= 0.3 is 0 Å². The van der Waals surface area contributed by atoms with Crippen molar-refractivity contribution >= 4 is 21.4 Å². The normalized spacial score (nSPS) is 16.6. The zero-order valence-electron chi connectivity index (χ0n) is 12.2. The van der Waals surface area contributed by atoms with E-state index in [1.165, 1.54) is 16.5 Å². The second-order valence-electron chi connectivity index (χ2n) is 5.39. The van der Waals surface area contributed by atoms with Gasteiger partial charge in [0.05, 0.1) is 18.9 Å². The van der Waals surface area contributed by atoms with Gasteiger partial charge in [-0.05, 0) is 55.0 Å². The van der Waals surface area contributed by atoms with Gasteiger partial charge in [0, 0.05) is 9.58 Å². The molecule has 1 aromatic carbocycles. The van der Waals surface area contributed by atoms with E-state index in [0.29, 0.717) is 0 Å². The lowest BCUT2D eigenvalue weighted by molar-refractivity contribution is 0.219. The zero-order chi connectivity index (χ0) is 14.7. The van der Waals surface area contributed by atoms with Crippen molar-refractivity contribution in [3.63, 3.8) is 0 Å². The van der Waals surface area contributed by atoms with Gasteiger partial charge < -0.3 is 10.1 Å². The van der Waals surface area contributed by atoms with Gasteiger partial charge in [-0.1, -0.05) is 13.0 Å². The molecule has 1 atom stereocenters. The third-order valence-electron chi connectivity index (χ3n) is 3.72. The van der Waals surface area contributed by atoms with E-state index < -0.39 is 0 Å². The van der Waals surface area contributed by atoms with Crippen LogP contribution in [0, 0.1) is 5.82 Å². The summed E-state index contributed by atoms with van der Waals surface area (Å²) in [6, 6.07) is 7.35. The molecule has 3 rings (SSSR count). The lowest BCUT2D eigenvalue weighted by Crippen LogP contribution is -2.24. The van der Waals surface area contributed by atoms with E-state index >= 15 is 0 Å². The fraction of sp³-hybridized carbons (Fsp3) is 0.412. The monoisotopic (exact) mass is 305 g/mol. The summed E-state index contributed by atoms with van der Waals surface area (Å²) in [6.07, 6.45) is 5.12. The Labute approximate surface area is 128 Å². The van der Waals surface area contributed by atoms with Crippen LogP contribution < -0.4 is 5.32 Å². The highest BCUT2D eigenvalue weighted by Gasteiger charge is 2.20. The molecule has 0 fully saturated rings. The average Bonchev–Trinajstić information content (AvgIpc) is 2.91. The topological polar surface area (TPSA) is 21.3 Å². The van der Waals surface area contributed by atoms with Gasteiger partial charge in [0.25, 0.3) is 0 Å². The van der Waals surface area contributed by atoms with Crippen molar-refractivity contribution in [3.8, 4) is 0 Å². The van der Waals surface area contributed by atoms with Crippen LogP contribution in [-0.4, -0.2) is 13.2 Å². The van der Waals surface area contributed by atoms with Crippen LogP contribution >= 0.6 is 11.3 Å². The number of benzene rings is 1. The van der Waals surface area contributed by atoms with Crippen LogP contribution in [0.5, 0.6) is 0 Å². The molecular weight excluding hydrogens is 285 g/mol. The fourth-order valence-corrected chi connectivity index (χ4v) is 3.88. The molecule has 112 valence electrons. The van der Waals surface area contributed by atoms with Crippen molar-refractivity contribution in [2.24, 2.45) is 0 Å². The van der Waals surface area contributed by atoms with Crippen molar-refractivity contribution < 1.29 is 9.13 Å². The van der Waals surface area contributed by atoms with E-state index in [1.807, 2.05) is 12.3 Å². The molecule has 0 spiro atoms. The van der Waals surface area contributed by atoms with Gasteiger partial charge in [0.15, 0.2) is 0 Å². The maximum Gasteiger partial charge on any atom is 0.124 e. The Morgan fingerprint density at radius 2 is 2.29 bits per heavy atom. The number of fused-ring (bicyclic) bond motifs is 1. The second-order valence-corrected chi connectivity index (χ2v) is 6.50. The summed E-state index contributed by atoms with van der Waals surface area (Å²) in [4.78, 5) is 1.24. The summed E-state index contributed by atoms with van der Waals surface area (Å²) < 4.78 is 19.9. The Kier molecular flexibility index (Phi) is 4.56. The molecule has 0 saturated carbocycles. The van der Waals surface area contributed by atoms with E-state index in [0.717, 1.165) is 42.5 Å². The van der Waals surface area contributed by atoms with E-state index in [-0.39, 0.29) is 11.9 Å². The zero-order valence-corrected chi connectivity index (χ0v) is 13.0. The number of ether oxygens (including phenoxy) is 1. The van der Waals surface area contributed by atoms with Crippen LogP contribution in [-0.2, 0) is 4.74 Å². The molecule has 1 N–H and O–H groups in total. The first-order valence-electron chi connectivity index (χ1n) is 7.51. The maximum absolute atomic E-state index is 13.4. The summed E-state index contributed by atoms with van der Waals surface area (Å²) >= 11 is 1.66. The van der Waals surface area contributed by atoms with Crippen LogP contribution in [0.1, 0.15) is 37.1 Å².